The van der Waals surface area contributed by atoms with E-state index in [0.717, 1.165) is 18.4 Å². The van der Waals surface area contributed by atoms with Crippen LogP contribution >= 0.6 is 15.9 Å². The summed E-state index contributed by atoms with van der Waals surface area (Å²) in [6.07, 6.45) is 1.94. The molecule has 0 heterocycles. The van der Waals surface area contributed by atoms with Crippen LogP contribution in [-0.2, 0) is 0 Å². The summed E-state index contributed by atoms with van der Waals surface area (Å²) >= 11 is 3.33. The largest absolute Gasteiger partial charge is 0.491 e. The van der Waals surface area contributed by atoms with Gasteiger partial charge >= 0.3 is 5.97 Å². The molecule has 0 spiro atoms. The number of halogens is 1. The predicted octanol–water partition coefficient (Wildman–Crippen LogP) is 3.63. The quantitative estimate of drug-likeness (QED) is 0.841. The lowest BCUT2D eigenvalue weighted by molar-refractivity contribution is 0.0692. The molecular formula is C12H15BrO3. The molecule has 0 aliphatic rings. The number of aromatic carboxylic acids is 1. The van der Waals surface area contributed by atoms with Crippen molar-refractivity contribution in [3.63, 3.8) is 0 Å². The molecule has 0 radical (unpaired) electrons. The lowest BCUT2D eigenvalue weighted by Gasteiger charge is -2.11. The second-order valence-corrected chi connectivity index (χ2v) is 4.48. The van der Waals surface area contributed by atoms with Gasteiger partial charge in [0.05, 0.1) is 11.1 Å². The van der Waals surface area contributed by atoms with Crippen LogP contribution in [0, 0.1) is 6.92 Å². The van der Waals surface area contributed by atoms with Crippen LogP contribution in [0.2, 0.25) is 0 Å². The minimum atomic E-state index is -0.962. The molecule has 88 valence electrons. The minimum Gasteiger partial charge on any atom is -0.491 e. The molecule has 0 saturated heterocycles. The van der Waals surface area contributed by atoms with Crippen LogP contribution < -0.4 is 4.74 Å². The molecule has 1 N–H and O–H groups in total. The molecule has 1 aromatic carbocycles. The number of carbonyl (C=O) groups is 1. The lowest BCUT2D eigenvalue weighted by Crippen LogP contribution is -2.05. The maximum atomic E-state index is 11.1. The van der Waals surface area contributed by atoms with E-state index in [2.05, 4.69) is 22.9 Å². The zero-order valence-corrected chi connectivity index (χ0v) is 11.0. The van der Waals surface area contributed by atoms with Crippen LogP contribution in [0.15, 0.2) is 16.6 Å². The Morgan fingerprint density at radius 1 is 1.50 bits per heavy atom. The summed E-state index contributed by atoms with van der Waals surface area (Å²) in [5, 5.41) is 9.07. The van der Waals surface area contributed by atoms with Crippen molar-refractivity contribution in [1.82, 2.24) is 0 Å². The van der Waals surface area contributed by atoms with Crippen LogP contribution in [-0.4, -0.2) is 17.7 Å². The Hall–Kier alpha value is -1.03. The average molecular weight is 287 g/mol. The molecule has 0 bridgehead atoms. The minimum absolute atomic E-state index is 0.211. The summed E-state index contributed by atoms with van der Waals surface area (Å²) < 4.78 is 6.19. The van der Waals surface area contributed by atoms with Crippen molar-refractivity contribution in [2.45, 2.75) is 26.7 Å². The van der Waals surface area contributed by atoms with Crippen LogP contribution in [0.25, 0.3) is 0 Å². The maximum absolute atomic E-state index is 11.1. The highest BCUT2D eigenvalue weighted by molar-refractivity contribution is 9.10. The first-order valence-corrected chi connectivity index (χ1v) is 6.01. The Bertz CT molecular complexity index is 388. The molecule has 0 aromatic heterocycles. The first kappa shape index (κ1) is 13.0. The Balaban J connectivity index is 2.99. The summed E-state index contributed by atoms with van der Waals surface area (Å²) in [5.41, 5.74) is 1.11. The number of benzene rings is 1. The molecule has 0 saturated carbocycles. The fourth-order valence-corrected chi connectivity index (χ4v) is 2.04. The van der Waals surface area contributed by atoms with Crippen molar-refractivity contribution >= 4 is 21.9 Å². The van der Waals surface area contributed by atoms with E-state index in [9.17, 15) is 4.79 Å². The van der Waals surface area contributed by atoms with Gasteiger partial charge in [-0.05, 0) is 47.0 Å². The third kappa shape index (κ3) is 3.23. The number of ether oxygens (including phenoxy) is 1. The molecule has 1 aromatic rings. The summed E-state index contributed by atoms with van der Waals surface area (Å²) in [6, 6.07) is 3.47. The van der Waals surface area contributed by atoms with Crippen molar-refractivity contribution in [2.24, 2.45) is 0 Å². The van der Waals surface area contributed by atoms with Crippen LogP contribution in [0.5, 0.6) is 5.75 Å². The number of rotatable bonds is 5. The number of unbranched alkanes of at least 4 members (excludes halogenated alkanes) is 1. The van der Waals surface area contributed by atoms with Gasteiger partial charge in [0.25, 0.3) is 0 Å². The van der Waals surface area contributed by atoms with E-state index in [1.165, 1.54) is 0 Å². The van der Waals surface area contributed by atoms with Crippen molar-refractivity contribution in [3.8, 4) is 5.75 Å². The van der Waals surface area contributed by atoms with E-state index in [-0.39, 0.29) is 5.56 Å². The van der Waals surface area contributed by atoms with Crippen LogP contribution in [0.1, 0.15) is 35.7 Å². The van der Waals surface area contributed by atoms with E-state index < -0.39 is 5.97 Å². The van der Waals surface area contributed by atoms with Crippen molar-refractivity contribution in [2.75, 3.05) is 6.61 Å². The van der Waals surface area contributed by atoms with Gasteiger partial charge in [-0.2, -0.15) is 0 Å². The fourth-order valence-electron chi connectivity index (χ4n) is 1.35. The van der Waals surface area contributed by atoms with E-state index in [1.54, 1.807) is 6.07 Å². The molecule has 0 aliphatic heterocycles. The third-order valence-corrected chi connectivity index (χ3v) is 2.75. The van der Waals surface area contributed by atoms with Crippen molar-refractivity contribution in [1.29, 1.82) is 0 Å². The highest BCUT2D eigenvalue weighted by atomic mass is 79.9. The van der Waals surface area contributed by atoms with Crippen LogP contribution in [0.3, 0.4) is 0 Å². The number of carboxylic acids is 1. The first-order valence-electron chi connectivity index (χ1n) is 5.22. The van der Waals surface area contributed by atoms with Gasteiger partial charge in [0.2, 0.25) is 0 Å². The monoisotopic (exact) mass is 286 g/mol. The average Bonchev–Trinajstić information content (AvgIpc) is 2.20. The summed E-state index contributed by atoms with van der Waals surface area (Å²) in [4.78, 5) is 11.1. The SMILES string of the molecule is CCCCOc1c(Br)cc(C)cc1C(=O)O. The van der Waals surface area contributed by atoms with Gasteiger partial charge in [-0.3, -0.25) is 0 Å². The molecule has 0 amide bonds. The second kappa shape index (κ2) is 5.89. The van der Waals surface area contributed by atoms with Gasteiger partial charge < -0.3 is 9.84 Å². The normalized spacial score (nSPS) is 10.2. The number of carboxylic acid groups (broad SMARTS) is 1. The van der Waals surface area contributed by atoms with E-state index in [0.29, 0.717) is 16.8 Å². The van der Waals surface area contributed by atoms with Gasteiger partial charge in [-0.1, -0.05) is 13.3 Å². The highest BCUT2D eigenvalue weighted by Crippen LogP contribution is 2.31. The molecule has 1 rings (SSSR count). The molecule has 0 fully saturated rings. The number of hydrogen-bond acceptors (Lipinski definition) is 2. The first-order chi connectivity index (χ1) is 7.56. The molecular weight excluding hydrogens is 272 g/mol. The third-order valence-electron chi connectivity index (χ3n) is 2.16. The van der Waals surface area contributed by atoms with Gasteiger partial charge in [0.1, 0.15) is 11.3 Å². The Morgan fingerprint density at radius 2 is 2.19 bits per heavy atom. The molecule has 0 aliphatic carbocycles. The van der Waals surface area contributed by atoms with Gasteiger partial charge in [-0.15, -0.1) is 0 Å². The topological polar surface area (TPSA) is 46.5 Å². The Morgan fingerprint density at radius 3 is 2.75 bits per heavy atom. The molecule has 16 heavy (non-hydrogen) atoms. The predicted molar refractivity (Wildman–Crippen MR) is 66.2 cm³/mol. The van der Waals surface area contributed by atoms with Crippen LogP contribution in [0.4, 0.5) is 0 Å². The molecule has 3 nitrogen and oxygen atoms in total. The lowest BCUT2D eigenvalue weighted by atomic mass is 10.1. The van der Waals surface area contributed by atoms with Gasteiger partial charge in [0.15, 0.2) is 0 Å². The second-order valence-electron chi connectivity index (χ2n) is 3.63. The number of aryl methyl sites for hydroxylation is 1. The zero-order chi connectivity index (χ0) is 12.1. The maximum Gasteiger partial charge on any atom is 0.339 e. The smallest absolute Gasteiger partial charge is 0.339 e. The van der Waals surface area contributed by atoms with Crippen molar-refractivity contribution in [3.05, 3.63) is 27.7 Å². The van der Waals surface area contributed by atoms with E-state index in [1.807, 2.05) is 13.0 Å². The molecule has 0 unspecified atom stereocenters. The number of hydrogen-bond donors (Lipinski definition) is 1. The summed E-state index contributed by atoms with van der Waals surface area (Å²) in [7, 11) is 0. The van der Waals surface area contributed by atoms with Gasteiger partial charge in [0, 0.05) is 0 Å². The van der Waals surface area contributed by atoms with Gasteiger partial charge in [-0.25, -0.2) is 4.79 Å². The molecule has 4 heteroatoms. The summed E-state index contributed by atoms with van der Waals surface area (Å²) in [6.45, 7) is 4.46. The highest BCUT2D eigenvalue weighted by Gasteiger charge is 2.15. The Kier molecular flexibility index (Phi) is 4.80. The summed E-state index contributed by atoms with van der Waals surface area (Å²) in [5.74, 6) is -0.539. The molecule has 0 atom stereocenters. The van der Waals surface area contributed by atoms with E-state index in [4.69, 9.17) is 9.84 Å². The Labute approximate surface area is 104 Å². The zero-order valence-electron chi connectivity index (χ0n) is 9.42. The fraction of sp³-hybridized carbons (Fsp3) is 0.417. The standard InChI is InChI=1S/C12H15BrO3/c1-3-4-5-16-11-9(12(14)15)6-8(2)7-10(11)13/h6-7H,3-5H2,1-2H3,(H,14,15). The van der Waals surface area contributed by atoms with E-state index >= 15 is 0 Å². The van der Waals surface area contributed by atoms with Crippen molar-refractivity contribution < 1.29 is 14.6 Å².